The highest BCUT2D eigenvalue weighted by Crippen LogP contribution is 2.37. The monoisotopic (exact) mass is 439 g/mol. The van der Waals surface area contributed by atoms with E-state index in [-0.39, 0.29) is 18.0 Å². The fourth-order valence-electron chi connectivity index (χ4n) is 4.51. The molecule has 1 aliphatic carbocycles. The molecule has 3 aromatic heterocycles. The lowest BCUT2D eigenvalue weighted by Gasteiger charge is -2.20. The van der Waals surface area contributed by atoms with Crippen LogP contribution in [-0.2, 0) is 10.0 Å². The number of hydrogen-bond acceptors (Lipinski definition) is 5. The maximum absolute atomic E-state index is 12.6. The number of aromatic nitrogens is 4. The minimum atomic E-state index is -3.71. The van der Waals surface area contributed by atoms with Crippen LogP contribution in [0, 0.1) is 0 Å². The van der Waals surface area contributed by atoms with Crippen molar-refractivity contribution in [2.45, 2.75) is 42.9 Å². The molecule has 0 unspecified atom stereocenters. The predicted molar refractivity (Wildman–Crippen MR) is 118 cm³/mol. The van der Waals surface area contributed by atoms with Crippen molar-refractivity contribution in [3.8, 4) is 11.3 Å². The van der Waals surface area contributed by atoms with Gasteiger partial charge in [0.1, 0.15) is 5.82 Å². The summed E-state index contributed by atoms with van der Waals surface area (Å²) in [7, 11) is -3.71. The fourth-order valence-corrected chi connectivity index (χ4v) is 5.57. The summed E-state index contributed by atoms with van der Waals surface area (Å²) in [4.78, 5) is 12.9. The van der Waals surface area contributed by atoms with E-state index in [1.165, 1.54) is 19.3 Å². The van der Waals surface area contributed by atoms with Gasteiger partial charge in [0.25, 0.3) is 0 Å². The highest BCUT2D eigenvalue weighted by molar-refractivity contribution is 7.89. The summed E-state index contributed by atoms with van der Waals surface area (Å²) < 4.78 is 29.7. The van der Waals surface area contributed by atoms with E-state index in [0.29, 0.717) is 5.92 Å². The van der Waals surface area contributed by atoms with Gasteiger partial charge in [-0.3, -0.25) is 4.40 Å². The second-order valence-corrected chi connectivity index (χ2v) is 9.76. The fraction of sp³-hybridized carbons (Fsp3) is 0.364. The van der Waals surface area contributed by atoms with E-state index in [4.69, 9.17) is 10.1 Å². The molecular weight excluding hydrogens is 414 g/mol. The number of hydrogen-bond donors (Lipinski definition) is 3. The van der Waals surface area contributed by atoms with E-state index in [1.807, 2.05) is 18.3 Å². The van der Waals surface area contributed by atoms with Crippen molar-refractivity contribution in [3.05, 3.63) is 48.5 Å². The van der Waals surface area contributed by atoms with Crippen LogP contribution in [0.25, 0.3) is 27.9 Å². The van der Waals surface area contributed by atoms with Gasteiger partial charge in [0, 0.05) is 24.2 Å². The number of imidazole rings is 1. The number of sulfonamides is 1. The van der Waals surface area contributed by atoms with E-state index in [0.717, 1.165) is 46.6 Å². The molecule has 162 valence electrons. The van der Waals surface area contributed by atoms with Gasteiger partial charge in [-0.15, -0.1) is 0 Å². The molecule has 0 radical (unpaired) electrons. The van der Waals surface area contributed by atoms with E-state index in [2.05, 4.69) is 19.1 Å². The van der Waals surface area contributed by atoms with E-state index in [1.54, 1.807) is 24.4 Å². The van der Waals surface area contributed by atoms with E-state index < -0.39 is 10.0 Å². The first kappa shape index (κ1) is 20.2. The lowest BCUT2D eigenvalue weighted by Crippen LogP contribution is -2.26. The van der Waals surface area contributed by atoms with Crippen LogP contribution >= 0.6 is 0 Å². The minimum absolute atomic E-state index is 0.0266. The largest absolute Gasteiger partial charge is 0.395 e. The SMILES string of the molecule is O=S(=O)(NCCO)c1cccc(-c2nc(C3CCCCC3)n3c2cnc2[nH]ccc23)c1. The van der Waals surface area contributed by atoms with Crippen molar-refractivity contribution >= 4 is 26.7 Å². The number of aliphatic hydroxyl groups is 1. The Bertz CT molecular complexity index is 1340. The molecule has 3 heterocycles. The molecule has 9 heteroatoms. The Kier molecular flexibility index (Phi) is 5.25. The van der Waals surface area contributed by atoms with Gasteiger partial charge in [-0.1, -0.05) is 31.4 Å². The molecule has 0 amide bonds. The van der Waals surface area contributed by atoms with Crippen LogP contribution < -0.4 is 4.72 Å². The molecule has 8 nitrogen and oxygen atoms in total. The standard InChI is InChI=1S/C22H25N5O3S/c28-12-11-25-31(29,30)17-8-4-7-16(13-17)20-19-14-24-21-18(9-10-23-21)27(19)22(26-20)15-5-2-1-3-6-15/h4,7-10,13-15,23,25,28H,1-3,5-6,11-12H2. The molecule has 5 rings (SSSR count). The summed E-state index contributed by atoms with van der Waals surface area (Å²) in [5.41, 5.74) is 4.10. The van der Waals surface area contributed by atoms with E-state index in [9.17, 15) is 8.42 Å². The van der Waals surface area contributed by atoms with Crippen LogP contribution in [0.15, 0.2) is 47.6 Å². The van der Waals surface area contributed by atoms with Crippen molar-refractivity contribution in [3.63, 3.8) is 0 Å². The third-order valence-corrected chi connectivity index (χ3v) is 7.45. The first-order valence-corrected chi connectivity index (χ1v) is 12.1. The summed E-state index contributed by atoms with van der Waals surface area (Å²) in [6.45, 7) is -0.283. The van der Waals surface area contributed by atoms with Crippen LogP contribution in [-0.4, -0.2) is 46.0 Å². The number of aliphatic hydroxyl groups excluding tert-OH is 1. The second-order valence-electron chi connectivity index (χ2n) is 7.99. The van der Waals surface area contributed by atoms with Gasteiger partial charge in [-0.2, -0.15) is 0 Å². The van der Waals surface area contributed by atoms with Gasteiger partial charge >= 0.3 is 0 Å². The Labute approximate surface area is 180 Å². The first-order valence-electron chi connectivity index (χ1n) is 10.6. The molecule has 3 N–H and O–H groups in total. The van der Waals surface area contributed by atoms with Crippen molar-refractivity contribution in [1.82, 2.24) is 24.1 Å². The van der Waals surface area contributed by atoms with Crippen molar-refractivity contribution < 1.29 is 13.5 Å². The predicted octanol–water partition coefficient (Wildman–Crippen LogP) is 3.20. The van der Waals surface area contributed by atoms with Gasteiger partial charge < -0.3 is 10.1 Å². The quantitative estimate of drug-likeness (QED) is 0.427. The number of fused-ring (bicyclic) bond motifs is 3. The number of H-pyrrole nitrogens is 1. The summed E-state index contributed by atoms with van der Waals surface area (Å²) in [6, 6.07) is 8.78. The van der Waals surface area contributed by atoms with Crippen LogP contribution in [0.4, 0.5) is 0 Å². The Morgan fingerprint density at radius 1 is 1.16 bits per heavy atom. The average Bonchev–Trinajstić information content (AvgIpc) is 3.43. The molecule has 0 saturated heterocycles. The highest BCUT2D eigenvalue weighted by Gasteiger charge is 2.25. The Balaban J connectivity index is 1.68. The Hall–Kier alpha value is -2.75. The van der Waals surface area contributed by atoms with Crippen LogP contribution in [0.3, 0.4) is 0 Å². The lowest BCUT2D eigenvalue weighted by atomic mass is 9.89. The molecule has 4 aromatic rings. The third-order valence-electron chi connectivity index (χ3n) is 5.99. The maximum Gasteiger partial charge on any atom is 0.240 e. The second kappa shape index (κ2) is 8.07. The van der Waals surface area contributed by atoms with Gasteiger partial charge in [0.15, 0.2) is 5.65 Å². The van der Waals surface area contributed by atoms with Crippen LogP contribution in [0.2, 0.25) is 0 Å². The average molecular weight is 440 g/mol. The third kappa shape index (κ3) is 3.62. The zero-order valence-corrected chi connectivity index (χ0v) is 17.9. The summed E-state index contributed by atoms with van der Waals surface area (Å²) in [6.07, 6.45) is 9.54. The zero-order valence-electron chi connectivity index (χ0n) is 17.1. The molecule has 0 spiro atoms. The number of aromatic amines is 1. The summed E-state index contributed by atoms with van der Waals surface area (Å²) >= 11 is 0. The summed E-state index contributed by atoms with van der Waals surface area (Å²) in [5, 5.41) is 8.97. The summed E-state index contributed by atoms with van der Waals surface area (Å²) in [5.74, 6) is 1.39. The maximum atomic E-state index is 12.6. The smallest absolute Gasteiger partial charge is 0.240 e. The van der Waals surface area contributed by atoms with Gasteiger partial charge in [-0.05, 0) is 31.0 Å². The molecule has 31 heavy (non-hydrogen) atoms. The lowest BCUT2D eigenvalue weighted by molar-refractivity contribution is 0.301. The zero-order chi connectivity index (χ0) is 21.4. The van der Waals surface area contributed by atoms with Gasteiger partial charge in [0.2, 0.25) is 10.0 Å². The topological polar surface area (TPSA) is 112 Å². The molecule has 1 fully saturated rings. The molecule has 0 aliphatic heterocycles. The Morgan fingerprint density at radius 3 is 2.81 bits per heavy atom. The highest BCUT2D eigenvalue weighted by atomic mass is 32.2. The first-order chi connectivity index (χ1) is 15.1. The molecule has 0 atom stereocenters. The van der Waals surface area contributed by atoms with Crippen LogP contribution in [0.1, 0.15) is 43.8 Å². The minimum Gasteiger partial charge on any atom is -0.395 e. The van der Waals surface area contributed by atoms with Crippen molar-refractivity contribution in [1.29, 1.82) is 0 Å². The van der Waals surface area contributed by atoms with Gasteiger partial charge in [0.05, 0.1) is 34.4 Å². The van der Waals surface area contributed by atoms with E-state index >= 15 is 0 Å². The van der Waals surface area contributed by atoms with Crippen molar-refractivity contribution in [2.75, 3.05) is 13.2 Å². The van der Waals surface area contributed by atoms with Crippen LogP contribution in [0.5, 0.6) is 0 Å². The Morgan fingerprint density at radius 2 is 2.00 bits per heavy atom. The number of nitrogens with one attached hydrogen (secondary N) is 2. The molecule has 1 aromatic carbocycles. The number of rotatable bonds is 6. The van der Waals surface area contributed by atoms with Crippen molar-refractivity contribution in [2.24, 2.45) is 0 Å². The van der Waals surface area contributed by atoms with Gasteiger partial charge in [-0.25, -0.2) is 23.1 Å². The normalized spacial score (nSPS) is 15.8. The molecular formula is C22H25N5O3S. The number of benzene rings is 1. The molecule has 1 saturated carbocycles. The number of nitrogens with zero attached hydrogens (tertiary/aromatic N) is 3. The molecule has 0 bridgehead atoms. The molecule has 1 aliphatic rings.